The van der Waals surface area contributed by atoms with Crippen LogP contribution < -0.4 is 5.32 Å². The predicted molar refractivity (Wildman–Crippen MR) is 92.1 cm³/mol. The molecule has 1 aromatic rings. The molecule has 24 heavy (non-hydrogen) atoms. The lowest BCUT2D eigenvalue weighted by molar-refractivity contribution is 0.0654. The number of nitrogens with zero attached hydrogens (tertiary/aromatic N) is 2. The molecule has 0 saturated carbocycles. The van der Waals surface area contributed by atoms with Crippen LogP contribution >= 0.6 is 0 Å². The van der Waals surface area contributed by atoms with E-state index in [1.54, 1.807) is 17.0 Å². The van der Waals surface area contributed by atoms with Crippen molar-refractivity contribution in [2.24, 2.45) is 5.92 Å². The van der Waals surface area contributed by atoms with Crippen molar-refractivity contribution in [2.75, 3.05) is 32.8 Å². The predicted octanol–water partition coefficient (Wildman–Crippen LogP) is 2.06. The van der Waals surface area contributed by atoms with E-state index in [0.29, 0.717) is 32.0 Å². The topological polar surface area (TPSA) is 55.8 Å². The fourth-order valence-corrected chi connectivity index (χ4v) is 3.15. The van der Waals surface area contributed by atoms with Gasteiger partial charge in [-0.1, -0.05) is 26.0 Å². The maximum absolute atomic E-state index is 13.2. The molecule has 2 N–H and O–H groups in total. The minimum atomic E-state index is -0.299. The second-order valence-electron chi connectivity index (χ2n) is 6.79. The summed E-state index contributed by atoms with van der Waals surface area (Å²) in [7, 11) is 0. The molecule has 2 rings (SSSR count). The van der Waals surface area contributed by atoms with Crippen molar-refractivity contribution in [1.29, 1.82) is 0 Å². The number of amides is 2. The van der Waals surface area contributed by atoms with Gasteiger partial charge >= 0.3 is 6.03 Å². The lowest BCUT2D eigenvalue weighted by Crippen LogP contribution is -2.57. The number of piperazine rings is 1. The standard InChI is InChI=1S/C18H28FN3O2/c1-14(2)12-21-7-8-22(13-17(21)6-9-23)18(24)20-11-15-4-3-5-16(19)10-15/h3-5,10,14,17,23H,6-9,11-13H2,1-2H3,(H,20,24). The molecule has 1 aliphatic rings. The van der Waals surface area contributed by atoms with E-state index in [1.807, 2.05) is 0 Å². The molecular formula is C18H28FN3O2. The maximum Gasteiger partial charge on any atom is 0.317 e. The highest BCUT2D eigenvalue weighted by atomic mass is 19.1. The van der Waals surface area contributed by atoms with E-state index < -0.39 is 0 Å². The Balaban J connectivity index is 1.88. The van der Waals surface area contributed by atoms with Crippen molar-refractivity contribution in [2.45, 2.75) is 32.9 Å². The van der Waals surface area contributed by atoms with Crippen LogP contribution in [0, 0.1) is 11.7 Å². The minimum Gasteiger partial charge on any atom is -0.396 e. The number of nitrogens with one attached hydrogen (secondary N) is 1. The van der Waals surface area contributed by atoms with E-state index >= 15 is 0 Å². The van der Waals surface area contributed by atoms with Gasteiger partial charge in [0.25, 0.3) is 0 Å². The molecule has 134 valence electrons. The van der Waals surface area contributed by atoms with Gasteiger partial charge in [0.2, 0.25) is 0 Å². The van der Waals surface area contributed by atoms with Gasteiger partial charge in [-0.25, -0.2) is 9.18 Å². The van der Waals surface area contributed by atoms with Crippen LogP contribution in [0.5, 0.6) is 0 Å². The van der Waals surface area contributed by atoms with Crippen LogP contribution in [0.4, 0.5) is 9.18 Å². The second kappa shape index (κ2) is 8.99. The highest BCUT2D eigenvalue weighted by Crippen LogP contribution is 2.15. The summed E-state index contributed by atoms with van der Waals surface area (Å²) in [4.78, 5) is 16.5. The minimum absolute atomic E-state index is 0.123. The number of benzene rings is 1. The number of carbonyl (C=O) groups is 1. The van der Waals surface area contributed by atoms with Gasteiger partial charge in [-0.15, -0.1) is 0 Å². The summed E-state index contributed by atoms with van der Waals surface area (Å²) in [6.07, 6.45) is 0.667. The van der Waals surface area contributed by atoms with Crippen LogP contribution in [0.2, 0.25) is 0 Å². The maximum atomic E-state index is 13.2. The molecule has 5 nitrogen and oxygen atoms in total. The van der Waals surface area contributed by atoms with Crippen molar-refractivity contribution in [1.82, 2.24) is 15.1 Å². The van der Waals surface area contributed by atoms with Crippen molar-refractivity contribution in [3.05, 3.63) is 35.6 Å². The molecule has 6 heteroatoms. The number of carbonyl (C=O) groups excluding carboxylic acids is 1. The first-order valence-corrected chi connectivity index (χ1v) is 8.61. The molecule has 0 aromatic heterocycles. The molecule has 0 bridgehead atoms. The van der Waals surface area contributed by atoms with E-state index in [0.717, 1.165) is 18.7 Å². The molecule has 1 unspecified atom stereocenters. The first-order chi connectivity index (χ1) is 11.5. The first kappa shape index (κ1) is 18.7. The number of rotatable bonds is 6. The Morgan fingerprint density at radius 2 is 2.21 bits per heavy atom. The molecule has 2 amide bonds. The molecule has 0 radical (unpaired) electrons. The van der Waals surface area contributed by atoms with E-state index in [2.05, 4.69) is 24.1 Å². The third-order valence-corrected chi connectivity index (χ3v) is 4.29. The lowest BCUT2D eigenvalue weighted by atomic mass is 10.1. The highest BCUT2D eigenvalue weighted by molar-refractivity contribution is 5.74. The van der Waals surface area contributed by atoms with Gasteiger partial charge < -0.3 is 15.3 Å². The third-order valence-electron chi connectivity index (χ3n) is 4.29. The molecule has 1 heterocycles. The Morgan fingerprint density at radius 3 is 2.88 bits per heavy atom. The van der Waals surface area contributed by atoms with Crippen LogP contribution in [0.3, 0.4) is 0 Å². The highest BCUT2D eigenvalue weighted by Gasteiger charge is 2.29. The lowest BCUT2D eigenvalue weighted by Gasteiger charge is -2.42. The molecule has 1 saturated heterocycles. The van der Waals surface area contributed by atoms with Gasteiger partial charge in [-0.3, -0.25) is 4.90 Å². The Bertz CT molecular complexity index is 539. The average molecular weight is 337 g/mol. The number of aliphatic hydroxyl groups excluding tert-OH is 1. The van der Waals surface area contributed by atoms with Gasteiger partial charge in [-0.2, -0.15) is 0 Å². The van der Waals surface area contributed by atoms with Gasteiger partial charge in [0.15, 0.2) is 0 Å². The Kier molecular flexibility index (Phi) is 6.99. The number of aliphatic hydroxyl groups is 1. The fourth-order valence-electron chi connectivity index (χ4n) is 3.15. The normalized spacial score (nSPS) is 18.9. The van der Waals surface area contributed by atoms with Crippen LogP contribution in [0.25, 0.3) is 0 Å². The zero-order valence-electron chi connectivity index (χ0n) is 14.5. The van der Waals surface area contributed by atoms with Gasteiger partial charge in [0, 0.05) is 45.4 Å². The van der Waals surface area contributed by atoms with E-state index in [9.17, 15) is 14.3 Å². The Labute approximate surface area is 143 Å². The zero-order valence-corrected chi connectivity index (χ0v) is 14.5. The average Bonchev–Trinajstić information content (AvgIpc) is 2.54. The molecule has 0 spiro atoms. The van der Waals surface area contributed by atoms with Gasteiger partial charge in [0.1, 0.15) is 5.82 Å². The summed E-state index contributed by atoms with van der Waals surface area (Å²) in [5.41, 5.74) is 0.744. The van der Waals surface area contributed by atoms with Crippen molar-refractivity contribution >= 4 is 6.03 Å². The van der Waals surface area contributed by atoms with E-state index in [1.165, 1.54) is 12.1 Å². The third kappa shape index (κ3) is 5.46. The second-order valence-corrected chi connectivity index (χ2v) is 6.79. The van der Waals surface area contributed by atoms with Crippen molar-refractivity contribution in [3.8, 4) is 0 Å². The Morgan fingerprint density at radius 1 is 1.42 bits per heavy atom. The number of halogens is 1. The molecule has 1 atom stereocenters. The van der Waals surface area contributed by atoms with Crippen molar-refractivity contribution in [3.63, 3.8) is 0 Å². The van der Waals surface area contributed by atoms with Crippen LogP contribution in [-0.2, 0) is 6.54 Å². The van der Waals surface area contributed by atoms with Gasteiger partial charge in [-0.05, 0) is 30.0 Å². The van der Waals surface area contributed by atoms with Crippen LogP contribution in [-0.4, -0.2) is 59.8 Å². The summed E-state index contributed by atoms with van der Waals surface area (Å²) >= 11 is 0. The molecule has 1 aliphatic heterocycles. The largest absolute Gasteiger partial charge is 0.396 e. The number of hydrogen-bond acceptors (Lipinski definition) is 3. The molecule has 0 aliphatic carbocycles. The molecule has 1 fully saturated rings. The summed E-state index contributed by atoms with van der Waals surface area (Å²) in [6.45, 7) is 7.86. The van der Waals surface area contributed by atoms with Crippen LogP contribution in [0.15, 0.2) is 24.3 Å². The smallest absolute Gasteiger partial charge is 0.317 e. The zero-order chi connectivity index (χ0) is 17.5. The molecule has 1 aromatic carbocycles. The summed E-state index contributed by atoms with van der Waals surface area (Å²) < 4.78 is 13.2. The Hall–Kier alpha value is -1.66. The molecular weight excluding hydrogens is 309 g/mol. The summed E-state index contributed by atoms with van der Waals surface area (Å²) in [6, 6.07) is 6.29. The van der Waals surface area contributed by atoms with Crippen molar-refractivity contribution < 1.29 is 14.3 Å². The van der Waals surface area contributed by atoms with E-state index in [4.69, 9.17) is 0 Å². The van der Waals surface area contributed by atoms with Crippen LogP contribution in [0.1, 0.15) is 25.8 Å². The number of urea groups is 1. The summed E-state index contributed by atoms with van der Waals surface area (Å²) in [5, 5.41) is 12.1. The number of hydrogen-bond donors (Lipinski definition) is 2. The van der Waals surface area contributed by atoms with Gasteiger partial charge in [0.05, 0.1) is 0 Å². The quantitative estimate of drug-likeness (QED) is 0.835. The van der Waals surface area contributed by atoms with E-state index in [-0.39, 0.29) is 24.5 Å². The monoisotopic (exact) mass is 337 g/mol. The SMILES string of the molecule is CC(C)CN1CCN(C(=O)NCc2cccc(F)c2)CC1CCO. The fraction of sp³-hybridized carbons (Fsp3) is 0.611. The first-order valence-electron chi connectivity index (χ1n) is 8.61. The summed E-state index contributed by atoms with van der Waals surface area (Å²) in [5.74, 6) is 0.256.